The largest absolute Gasteiger partial charge is 0.497 e. The van der Waals surface area contributed by atoms with Gasteiger partial charge in [0.05, 0.1) is 31.3 Å². The van der Waals surface area contributed by atoms with E-state index in [0.717, 1.165) is 23.4 Å². The van der Waals surface area contributed by atoms with Crippen molar-refractivity contribution in [3.05, 3.63) is 111 Å². The van der Waals surface area contributed by atoms with E-state index >= 15 is 0 Å². The molecule has 0 saturated carbocycles. The number of nitrogens with one attached hydrogen (secondary N) is 3. The maximum Gasteiger partial charge on any atom is 0.323 e. The summed E-state index contributed by atoms with van der Waals surface area (Å²) >= 11 is 5.99. The zero-order valence-electron chi connectivity index (χ0n) is 25.7. The lowest BCUT2D eigenvalue weighted by Gasteiger charge is -2.44. The second kappa shape index (κ2) is 13.6. The number of carbonyl (C=O) groups excluding carboxylic acids is 2. The van der Waals surface area contributed by atoms with Gasteiger partial charge >= 0.3 is 6.03 Å². The van der Waals surface area contributed by atoms with Crippen molar-refractivity contribution in [3.8, 4) is 11.5 Å². The van der Waals surface area contributed by atoms with Crippen LogP contribution < -0.4 is 35.9 Å². The number of hydrogen-bond acceptors (Lipinski definition) is 6. The smallest absolute Gasteiger partial charge is 0.323 e. The van der Waals surface area contributed by atoms with Crippen molar-refractivity contribution in [2.45, 2.75) is 25.3 Å². The molecule has 1 fully saturated rings. The molecule has 1 aromatic heterocycles. The molecule has 10 nitrogen and oxygen atoms in total. The van der Waals surface area contributed by atoms with E-state index in [0.29, 0.717) is 66.1 Å². The third-order valence-electron chi connectivity index (χ3n) is 8.60. The zero-order valence-corrected chi connectivity index (χ0v) is 26.5. The molecule has 1 saturated heterocycles. The third kappa shape index (κ3) is 6.82. The van der Waals surface area contributed by atoms with Crippen LogP contribution in [0.2, 0.25) is 5.02 Å². The molecule has 2 aliphatic heterocycles. The van der Waals surface area contributed by atoms with E-state index in [1.807, 2.05) is 47.0 Å². The van der Waals surface area contributed by atoms with Gasteiger partial charge < -0.3 is 34.9 Å². The minimum atomic E-state index is -0.487. The Bertz CT molecular complexity index is 1810. The van der Waals surface area contributed by atoms with Gasteiger partial charge in [0.15, 0.2) is 0 Å². The van der Waals surface area contributed by atoms with Gasteiger partial charge in [0.2, 0.25) is 0 Å². The number of nitrogens with zero attached hydrogens (tertiary/aromatic N) is 2. The average Bonchev–Trinajstić information content (AvgIpc) is 3.06. The molecular weight excluding hydrogens is 606 g/mol. The third-order valence-corrected chi connectivity index (χ3v) is 8.85. The van der Waals surface area contributed by atoms with Crippen molar-refractivity contribution < 1.29 is 19.1 Å². The maximum atomic E-state index is 13.4. The van der Waals surface area contributed by atoms with Crippen LogP contribution in [0, 0.1) is 5.92 Å². The fourth-order valence-corrected chi connectivity index (χ4v) is 6.52. The number of hydrogen-bond donors (Lipinski definition) is 3. The molecule has 2 atom stereocenters. The number of anilines is 3. The number of ether oxygens (including phenoxy) is 2. The van der Waals surface area contributed by atoms with E-state index in [9.17, 15) is 14.4 Å². The Labute approximate surface area is 272 Å². The Kier molecular flexibility index (Phi) is 9.16. The van der Waals surface area contributed by atoms with Crippen molar-refractivity contribution in [2.24, 2.45) is 5.92 Å². The summed E-state index contributed by atoms with van der Waals surface area (Å²) in [7, 11) is 3.08. The standard InChI is InChI=1S/C35H36ClN5O5/c1-45-27-11-12-28(32(18-27)46-2)38-35(44)39-29-17-24(34(43)37-15-14-22-6-9-26(36)10-7-22)8-13-31(29)40-19-23-16-25(21-40)30-4-3-5-33(42)41(30)20-23/h3-13,17-18,23,25H,14-16,19-21H2,1-2H3,(H,37,43)(H2,38,39,44). The van der Waals surface area contributed by atoms with Gasteiger partial charge in [-0.3, -0.25) is 9.59 Å². The zero-order chi connectivity index (χ0) is 32.2. The fraction of sp³-hybridized carbons (Fsp3) is 0.286. The predicted molar refractivity (Wildman–Crippen MR) is 180 cm³/mol. The van der Waals surface area contributed by atoms with Crippen molar-refractivity contribution in [2.75, 3.05) is 49.4 Å². The van der Waals surface area contributed by atoms with Crippen LogP contribution in [0.4, 0.5) is 21.9 Å². The number of aromatic nitrogens is 1. The first-order chi connectivity index (χ1) is 22.3. The number of carbonyl (C=O) groups is 2. The van der Waals surface area contributed by atoms with Crippen LogP contribution in [0.1, 0.15) is 34.0 Å². The quantitative estimate of drug-likeness (QED) is 0.214. The molecule has 0 spiro atoms. The van der Waals surface area contributed by atoms with Crippen molar-refractivity contribution in [3.63, 3.8) is 0 Å². The first kappa shape index (κ1) is 31.0. The van der Waals surface area contributed by atoms with E-state index < -0.39 is 6.03 Å². The Hall–Kier alpha value is -4.96. The van der Waals surface area contributed by atoms with Gasteiger partial charge in [-0.1, -0.05) is 29.8 Å². The summed E-state index contributed by atoms with van der Waals surface area (Å²) in [6, 6.07) is 23.0. The van der Waals surface area contributed by atoms with E-state index in [1.165, 1.54) is 7.11 Å². The van der Waals surface area contributed by atoms with Crippen LogP contribution in [-0.4, -0.2) is 50.4 Å². The van der Waals surface area contributed by atoms with Crippen LogP contribution in [-0.2, 0) is 13.0 Å². The molecule has 3 N–H and O–H groups in total. The first-order valence-corrected chi connectivity index (χ1v) is 15.6. The highest BCUT2D eigenvalue weighted by Crippen LogP contribution is 2.39. The summed E-state index contributed by atoms with van der Waals surface area (Å²) in [5.41, 5.74) is 4.31. The lowest BCUT2D eigenvalue weighted by atomic mass is 9.83. The number of rotatable bonds is 9. The van der Waals surface area contributed by atoms with Crippen LogP contribution in [0.5, 0.6) is 11.5 Å². The highest BCUT2D eigenvalue weighted by atomic mass is 35.5. The van der Waals surface area contributed by atoms with Gasteiger partial charge in [-0.15, -0.1) is 0 Å². The molecule has 0 radical (unpaired) electrons. The Balaban J connectivity index is 1.24. The van der Waals surface area contributed by atoms with Crippen molar-refractivity contribution >= 4 is 40.6 Å². The van der Waals surface area contributed by atoms with Crippen LogP contribution in [0.15, 0.2) is 83.7 Å². The van der Waals surface area contributed by atoms with Gasteiger partial charge in [0.1, 0.15) is 11.5 Å². The maximum absolute atomic E-state index is 13.4. The van der Waals surface area contributed by atoms with Gasteiger partial charge in [-0.2, -0.15) is 0 Å². The van der Waals surface area contributed by atoms with Crippen LogP contribution in [0.25, 0.3) is 0 Å². The predicted octanol–water partition coefficient (Wildman–Crippen LogP) is 5.76. The lowest BCUT2D eigenvalue weighted by molar-refractivity contribution is 0.0954. The van der Waals surface area contributed by atoms with Crippen molar-refractivity contribution in [1.29, 1.82) is 0 Å². The summed E-state index contributed by atoms with van der Waals surface area (Å²) in [5, 5.41) is 9.49. The minimum Gasteiger partial charge on any atom is -0.497 e. The summed E-state index contributed by atoms with van der Waals surface area (Å²) < 4.78 is 12.6. The number of piperidine rings is 1. The summed E-state index contributed by atoms with van der Waals surface area (Å²) in [5.74, 6) is 1.24. The molecule has 3 amide bonds. The number of pyridine rings is 1. The van der Waals surface area contributed by atoms with Gasteiger partial charge in [0, 0.05) is 60.5 Å². The van der Waals surface area contributed by atoms with Gasteiger partial charge in [-0.05, 0) is 72.9 Å². The van der Waals surface area contributed by atoms with E-state index in [4.69, 9.17) is 21.1 Å². The summed E-state index contributed by atoms with van der Waals surface area (Å²) in [4.78, 5) is 41.4. The normalized spacial score (nSPS) is 16.6. The topological polar surface area (TPSA) is 114 Å². The molecule has 46 heavy (non-hydrogen) atoms. The number of amides is 3. The van der Waals surface area contributed by atoms with Gasteiger partial charge in [0.25, 0.3) is 11.5 Å². The number of fused-ring (bicyclic) bond motifs is 4. The van der Waals surface area contributed by atoms with E-state index in [1.54, 1.807) is 43.5 Å². The van der Waals surface area contributed by atoms with Crippen LogP contribution in [0.3, 0.4) is 0 Å². The minimum absolute atomic E-state index is 0.0278. The Morgan fingerprint density at radius 2 is 1.70 bits per heavy atom. The summed E-state index contributed by atoms with van der Waals surface area (Å²) in [6.45, 7) is 2.48. The highest BCUT2D eigenvalue weighted by molar-refractivity contribution is 6.30. The lowest BCUT2D eigenvalue weighted by Crippen LogP contribution is -2.47. The summed E-state index contributed by atoms with van der Waals surface area (Å²) in [6.07, 6.45) is 1.65. The van der Waals surface area contributed by atoms with Crippen molar-refractivity contribution in [1.82, 2.24) is 9.88 Å². The Morgan fingerprint density at radius 3 is 2.48 bits per heavy atom. The second-order valence-corrected chi connectivity index (χ2v) is 12.0. The highest BCUT2D eigenvalue weighted by Gasteiger charge is 2.35. The number of methoxy groups -OCH3 is 2. The monoisotopic (exact) mass is 641 g/mol. The fourth-order valence-electron chi connectivity index (χ4n) is 6.40. The number of benzene rings is 3. The second-order valence-electron chi connectivity index (χ2n) is 11.6. The van der Waals surface area contributed by atoms with Gasteiger partial charge in [-0.25, -0.2) is 4.79 Å². The molecule has 3 aromatic carbocycles. The molecule has 3 heterocycles. The molecule has 0 aliphatic carbocycles. The first-order valence-electron chi connectivity index (χ1n) is 15.2. The molecule has 2 aliphatic rings. The molecular formula is C35H36ClN5O5. The Morgan fingerprint density at radius 1 is 0.891 bits per heavy atom. The number of urea groups is 1. The molecule has 11 heteroatoms. The van der Waals surface area contributed by atoms with Crippen LogP contribution >= 0.6 is 11.6 Å². The molecule has 2 unspecified atom stereocenters. The average molecular weight is 642 g/mol. The SMILES string of the molecule is COc1ccc(NC(=O)Nc2cc(C(=O)NCCc3ccc(Cl)cc3)ccc2N2CC3CC(C2)c2cccc(=O)n2C3)c(OC)c1. The molecule has 6 rings (SSSR count). The molecule has 4 aromatic rings. The van der Waals surface area contributed by atoms with E-state index in [-0.39, 0.29) is 23.3 Å². The molecule has 238 valence electrons. The van der Waals surface area contributed by atoms with E-state index in [2.05, 4.69) is 20.9 Å². The molecule has 2 bridgehead atoms. The number of halogens is 1.